The van der Waals surface area contributed by atoms with Crippen LogP contribution in [0.5, 0.6) is 11.5 Å². The van der Waals surface area contributed by atoms with Gasteiger partial charge >= 0.3 is 0 Å². The van der Waals surface area contributed by atoms with Gasteiger partial charge in [0, 0.05) is 30.2 Å². The molecule has 4 rings (SSSR count). The fourth-order valence-corrected chi connectivity index (χ4v) is 8.16. The third-order valence-corrected chi connectivity index (χ3v) is 10.4. The topological polar surface area (TPSA) is 86.3 Å². The molecule has 2 heterocycles. The standard InChI is InChI=1S/C30H37N2O5S4/c1-36-23-16-21-25(18-27(23)38-3)40-29(31(21)11-14-34)9-7-20(6-5-13-33)8-10-30-32(12-15-35)22-17-24(37-2)28(39-4)19-26(22)41-30/h7-10,16-19,33-35H,5-6,11-15H2,1-4H3/q+1. The van der Waals surface area contributed by atoms with Crippen LogP contribution in [-0.2, 0) is 6.54 Å². The first kappa shape index (κ1) is 31.8. The molecule has 41 heavy (non-hydrogen) atoms. The SMILES string of the molecule is COc1cc2c(cc1SC)SC(=CC=C(C=Cc1sc3cc(SC)c(OC)cc3[n+]1CCO)CCCO)N2CCO. The second kappa shape index (κ2) is 15.4. The normalized spacial score (nSPS) is 14.6. The van der Waals surface area contributed by atoms with Crippen molar-refractivity contribution in [2.75, 3.05) is 58.0 Å². The lowest BCUT2D eigenvalue weighted by atomic mass is 10.1. The summed E-state index contributed by atoms with van der Waals surface area (Å²) in [4.78, 5) is 5.40. The third kappa shape index (κ3) is 7.27. The van der Waals surface area contributed by atoms with Gasteiger partial charge in [0.2, 0.25) is 5.52 Å². The maximum absolute atomic E-state index is 9.80. The van der Waals surface area contributed by atoms with Gasteiger partial charge in [0.25, 0.3) is 5.01 Å². The molecule has 0 amide bonds. The van der Waals surface area contributed by atoms with E-state index in [2.05, 4.69) is 45.9 Å². The first-order chi connectivity index (χ1) is 20.0. The third-order valence-electron chi connectivity index (χ3n) is 6.62. The van der Waals surface area contributed by atoms with Crippen molar-refractivity contribution in [2.24, 2.45) is 0 Å². The molecule has 220 valence electrons. The van der Waals surface area contributed by atoms with Crippen LogP contribution >= 0.6 is 46.6 Å². The van der Waals surface area contributed by atoms with Crippen molar-refractivity contribution < 1.29 is 29.4 Å². The molecule has 7 nitrogen and oxygen atoms in total. The molecule has 0 atom stereocenters. The highest BCUT2D eigenvalue weighted by atomic mass is 32.2. The monoisotopic (exact) mass is 633 g/mol. The van der Waals surface area contributed by atoms with Crippen molar-refractivity contribution in [3.8, 4) is 11.5 Å². The molecular weight excluding hydrogens is 597 g/mol. The van der Waals surface area contributed by atoms with E-state index < -0.39 is 0 Å². The number of rotatable bonds is 14. The van der Waals surface area contributed by atoms with Crippen molar-refractivity contribution >= 4 is 68.6 Å². The highest BCUT2D eigenvalue weighted by Gasteiger charge is 2.27. The Morgan fingerprint density at radius 3 is 2.37 bits per heavy atom. The van der Waals surface area contributed by atoms with E-state index in [4.69, 9.17) is 9.47 Å². The van der Waals surface area contributed by atoms with E-state index in [-0.39, 0.29) is 19.8 Å². The summed E-state index contributed by atoms with van der Waals surface area (Å²) in [7, 11) is 3.36. The minimum atomic E-state index is 0.0325. The molecule has 3 N–H and O–H groups in total. The molecule has 11 heteroatoms. The zero-order chi connectivity index (χ0) is 29.4. The Labute approximate surface area is 258 Å². The van der Waals surface area contributed by atoms with Crippen molar-refractivity contribution in [3.05, 3.63) is 58.1 Å². The summed E-state index contributed by atoms with van der Waals surface area (Å²) in [5, 5.41) is 31.2. The smallest absolute Gasteiger partial charge is 0.262 e. The number of hydrogen-bond donors (Lipinski definition) is 3. The summed E-state index contributed by atoms with van der Waals surface area (Å²) < 4.78 is 14.5. The molecule has 0 fully saturated rings. The predicted molar refractivity (Wildman–Crippen MR) is 174 cm³/mol. The average molecular weight is 634 g/mol. The number of fused-ring (bicyclic) bond motifs is 2. The molecule has 1 aliphatic heterocycles. The lowest BCUT2D eigenvalue weighted by molar-refractivity contribution is -0.670. The molecule has 0 saturated heterocycles. The summed E-state index contributed by atoms with van der Waals surface area (Å²) in [6.45, 7) is 1.14. The number of thiazole rings is 1. The average Bonchev–Trinajstić information content (AvgIpc) is 3.51. The number of thioether (sulfide) groups is 3. The Balaban J connectivity index is 1.70. The number of benzene rings is 2. The first-order valence-electron chi connectivity index (χ1n) is 13.2. The van der Waals surface area contributed by atoms with Gasteiger partial charge in [-0.25, -0.2) is 0 Å². The van der Waals surface area contributed by atoms with Crippen LogP contribution in [0.3, 0.4) is 0 Å². The van der Waals surface area contributed by atoms with Gasteiger partial charge in [-0.15, -0.1) is 23.5 Å². The van der Waals surface area contributed by atoms with Crippen LogP contribution in [0, 0.1) is 0 Å². The summed E-state index contributed by atoms with van der Waals surface area (Å²) in [5.41, 5.74) is 3.13. The number of methoxy groups -OCH3 is 2. The Kier molecular flexibility index (Phi) is 11.9. The largest absolute Gasteiger partial charge is 0.496 e. The number of nitrogens with zero attached hydrogens (tertiary/aromatic N) is 2. The Hall–Kier alpha value is -2.12. The zero-order valence-electron chi connectivity index (χ0n) is 23.8. The lowest BCUT2D eigenvalue weighted by Gasteiger charge is -2.20. The number of aliphatic hydroxyl groups excluding tert-OH is 3. The van der Waals surface area contributed by atoms with Gasteiger partial charge in [-0.05, 0) is 49.1 Å². The van der Waals surface area contributed by atoms with Gasteiger partial charge in [0.1, 0.15) is 22.8 Å². The molecule has 0 spiro atoms. The van der Waals surface area contributed by atoms with Crippen molar-refractivity contribution in [1.29, 1.82) is 0 Å². The molecule has 0 bridgehead atoms. The second-order valence-electron chi connectivity index (χ2n) is 9.05. The molecule has 2 aromatic carbocycles. The molecule has 1 aromatic heterocycles. The maximum Gasteiger partial charge on any atom is 0.262 e. The molecular formula is C30H37N2O5S4+. The highest BCUT2D eigenvalue weighted by Crippen LogP contribution is 2.49. The Morgan fingerprint density at radius 1 is 0.976 bits per heavy atom. The van der Waals surface area contributed by atoms with E-state index in [1.807, 2.05) is 24.6 Å². The maximum atomic E-state index is 9.80. The van der Waals surface area contributed by atoms with E-state index in [1.54, 1.807) is 60.8 Å². The van der Waals surface area contributed by atoms with E-state index in [0.717, 1.165) is 57.7 Å². The zero-order valence-corrected chi connectivity index (χ0v) is 27.0. The minimum Gasteiger partial charge on any atom is -0.496 e. The fraction of sp³-hybridized carbons (Fsp3) is 0.367. The summed E-state index contributed by atoms with van der Waals surface area (Å²) >= 11 is 6.65. The number of aromatic nitrogens is 1. The predicted octanol–water partition coefficient (Wildman–Crippen LogP) is 5.80. The van der Waals surface area contributed by atoms with Gasteiger partial charge in [-0.1, -0.05) is 35.3 Å². The van der Waals surface area contributed by atoms with Gasteiger partial charge in [0.05, 0.1) is 47.4 Å². The number of allylic oxidation sites excluding steroid dienone is 4. The summed E-state index contributed by atoms with van der Waals surface area (Å²) in [5.74, 6) is 1.65. The van der Waals surface area contributed by atoms with Crippen molar-refractivity contribution in [2.45, 2.75) is 34.1 Å². The van der Waals surface area contributed by atoms with E-state index >= 15 is 0 Å². The van der Waals surface area contributed by atoms with Gasteiger partial charge < -0.3 is 29.7 Å². The van der Waals surface area contributed by atoms with Gasteiger partial charge in [-0.3, -0.25) is 0 Å². The Morgan fingerprint density at radius 2 is 1.71 bits per heavy atom. The quantitative estimate of drug-likeness (QED) is 0.116. The molecule has 0 aliphatic carbocycles. The van der Waals surface area contributed by atoms with E-state index in [0.29, 0.717) is 25.9 Å². The van der Waals surface area contributed by atoms with Crippen LogP contribution in [0.15, 0.2) is 67.8 Å². The van der Waals surface area contributed by atoms with Gasteiger partial charge in [0.15, 0.2) is 6.54 Å². The van der Waals surface area contributed by atoms with Crippen LogP contribution in [0.25, 0.3) is 16.3 Å². The summed E-state index contributed by atoms with van der Waals surface area (Å²) in [6, 6.07) is 8.37. The molecule has 3 aromatic rings. The van der Waals surface area contributed by atoms with E-state index in [9.17, 15) is 15.3 Å². The lowest BCUT2D eigenvalue weighted by Crippen LogP contribution is -2.36. The van der Waals surface area contributed by atoms with Crippen LogP contribution in [-0.4, -0.2) is 68.4 Å². The van der Waals surface area contributed by atoms with Crippen molar-refractivity contribution in [3.63, 3.8) is 0 Å². The van der Waals surface area contributed by atoms with Crippen LogP contribution in [0.2, 0.25) is 0 Å². The summed E-state index contributed by atoms with van der Waals surface area (Å²) in [6.07, 6.45) is 13.8. The number of β-amino-alcohol motifs (C(OH)–C–C–N with tert-alkyl or cyclic N) is 1. The highest BCUT2D eigenvalue weighted by molar-refractivity contribution is 8.03. The Bertz CT molecular complexity index is 1450. The van der Waals surface area contributed by atoms with Gasteiger partial charge in [-0.2, -0.15) is 4.57 Å². The minimum absolute atomic E-state index is 0.0325. The van der Waals surface area contributed by atoms with Crippen LogP contribution in [0.1, 0.15) is 17.8 Å². The molecule has 0 unspecified atom stereocenters. The number of hydrogen-bond acceptors (Lipinski definition) is 10. The fourth-order valence-electron chi connectivity index (χ4n) is 4.63. The first-order valence-corrected chi connectivity index (χ1v) is 17.3. The number of aliphatic hydroxyl groups is 3. The molecule has 0 radical (unpaired) electrons. The van der Waals surface area contributed by atoms with Crippen LogP contribution < -0.4 is 18.9 Å². The number of ether oxygens (including phenoxy) is 2. The molecule has 1 aliphatic rings. The van der Waals surface area contributed by atoms with E-state index in [1.165, 1.54) is 0 Å². The second-order valence-corrected chi connectivity index (χ2v) is 12.9. The molecule has 0 saturated carbocycles. The number of anilines is 1. The van der Waals surface area contributed by atoms with Crippen molar-refractivity contribution in [1.82, 2.24) is 0 Å². The van der Waals surface area contributed by atoms with Crippen LogP contribution in [0.4, 0.5) is 5.69 Å².